The molecular weight excluding hydrogens is 266 g/mol. The van der Waals surface area contributed by atoms with Crippen LogP contribution in [0.1, 0.15) is 18.1 Å². The van der Waals surface area contributed by atoms with Crippen molar-refractivity contribution < 1.29 is 0 Å². The third-order valence-corrected chi connectivity index (χ3v) is 3.94. The molecule has 3 aromatic carbocycles. The van der Waals surface area contributed by atoms with Crippen LogP contribution in [0, 0.1) is 11.3 Å². The molecule has 3 rings (SSSR count). The predicted octanol–water partition coefficient (Wildman–Crippen LogP) is 5.45. The van der Waals surface area contributed by atoms with Crippen molar-refractivity contribution in [2.45, 2.75) is 13.3 Å². The molecule has 0 heterocycles. The Morgan fingerprint density at radius 1 is 0.727 bits per heavy atom. The van der Waals surface area contributed by atoms with Crippen LogP contribution < -0.4 is 0 Å². The molecule has 1 nitrogen and oxygen atoms in total. The zero-order valence-corrected chi connectivity index (χ0v) is 12.6. The van der Waals surface area contributed by atoms with Gasteiger partial charge in [-0.2, -0.15) is 5.26 Å². The van der Waals surface area contributed by atoms with Gasteiger partial charge in [-0.25, -0.2) is 0 Å². The minimum absolute atomic E-state index is 0.690. The summed E-state index contributed by atoms with van der Waals surface area (Å²) in [5.74, 6) is 0. The zero-order valence-electron chi connectivity index (χ0n) is 12.6. The molecule has 0 aromatic heterocycles. The molecule has 22 heavy (non-hydrogen) atoms. The van der Waals surface area contributed by atoms with Gasteiger partial charge < -0.3 is 0 Å². The Morgan fingerprint density at radius 3 is 1.95 bits per heavy atom. The maximum Gasteiger partial charge on any atom is 0.0991 e. The van der Waals surface area contributed by atoms with Crippen molar-refractivity contribution in [3.05, 3.63) is 83.9 Å². The van der Waals surface area contributed by atoms with Gasteiger partial charge in [-0.3, -0.25) is 0 Å². The Balaban J connectivity index is 2.16. The molecule has 0 bridgehead atoms. The van der Waals surface area contributed by atoms with E-state index in [-0.39, 0.29) is 0 Å². The maximum atomic E-state index is 8.95. The first-order chi connectivity index (χ1) is 10.8. The van der Waals surface area contributed by atoms with E-state index in [4.69, 9.17) is 5.26 Å². The number of rotatable bonds is 3. The fraction of sp³-hybridized carbons (Fsp3) is 0.0952. The summed E-state index contributed by atoms with van der Waals surface area (Å²) in [4.78, 5) is 0. The lowest BCUT2D eigenvalue weighted by Crippen LogP contribution is -1.90. The number of nitriles is 1. The first-order valence-electron chi connectivity index (χ1n) is 7.51. The van der Waals surface area contributed by atoms with Gasteiger partial charge in [-0.05, 0) is 46.4 Å². The minimum atomic E-state index is 0.690. The first-order valence-corrected chi connectivity index (χ1v) is 7.51. The summed E-state index contributed by atoms with van der Waals surface area (Å²) in [5, 5.41) is 8.95. The van der Waals surface area contributed by atoms with Crippen molar-refractivity contribution in [2.24, 2.45) is 0 Å². The Labute approximate surface area is 131 Å². The Bertz CT molecular complexity index is 823. The SMILES string of the molecule is CCc1ccccc1-c1ccccc1-c1ccc(C#N)cc1. The van der Waals surface area contributed by atoms with E-state index in [2.05, 4.69) is 61.5 Å². The zero-order chi connectivity index (χ0) is 15.4. The van der Waals surface area contributed by atoms with Crippen molar-refractivity contribution in [3.8, 4) is 28.3 Å². The Hall–Kier alpha value is -2.85. The monoisotopic (exact) mass is 283 g/mol. The molecule has 0 saturated heterocycles. The molecule has 1 heteroatoms. The fourth-order valence-electron chi connectivity index (χ4n) is 2.79. The van der Waals surface area contributed by atoms with Crippen molar-refractivity contribution in [2.75, 3.05) is 0 Å². The van der Waals surface area contributed by atoms with Crippen LogP contribution in [0.25, 0.3) is 22.3 Å². The number of hydrogen-bond acceptors (Lipinski definition) is 1. The molecule has 0 unspecified atom stereocenters. The third kappa shape index (κ3) is 2.64. The van der Waals surface area contributed by atoms with Crippen LogP contribution in [-0.4, -0.2) is 0 Å². The van der Waals surface area contributed by atoms with Gasteiger partial charge in [0.1, 0.15) is 0 Å². The number of benzene rings is 3. The molecular formula is C21H17N. The van der Waals surface area contributed by atoms with E-state index in [1.807, 2.05) is 24.3 Å². The van der Waals surface area contributed by atoms with Crippen molar-refractivity contribution >= 4 is 0 Å². The van der Waals surface area contributed by atoms with Crippen molar-refractivity contribution in [1.82, 2.24) is 0 Å². The highest BCUT2D eigenvalue weighted by Gasteiger charge is 2.09. The summed E-state index contributed by atoms with van der Waals surface area (Å²) in [5.41, 5.74) is 6.90. The van der Waals surface area contributed by atoms with E-state index in [9.17, 15) is 0 Å². The highest BCUT2D eigenvalue weighted by molar-refractivity contribution is 5.84. The molecule has 0 aliphatic rings. The van der Waals surface area contributed by atoms with Crippen LogP contribution in [0.2, 0.25) is 0 Å². The van der Waals surface area contributed by atoms with Crippen LogP contribution in [0.5, 0.6) is 0 Å². The second-order valence-electron chi connectivity index (χ2n) is 5.25. The fourth-order valence-corrected chi connectivity index (χ4v) is 2.79. The summed E-state index contributed by atoms with van der Waals surface area (Å²) < 4.78 is 0. The predicted molar refractivity (Wildman–Crippen MR) is 91.4 cm³/mol. The van der Waals surface area contributed by atoms with E-state index < -0.39 is 0 Å². The largest absolute Gasteiger partial charge is 0.192 e. The average molecular weight is 283 g/mol. The average Bonchev–Trinajstić information content (AvgIpc) is 2.62. The van der Waals surface area contributed by atoms with Gasteiger partial charge in [0.25, 0.3) is 0 Å². The quantitative estimate of drug-likeness (QED) is 0.626. The second kappa shape index (κ2) is 6.28. The molecule has 0 radical (unpaired) electrons. The highest BCUT2D eigenvalue weighted by Crippen LogP contribution is 2.34. The number of aryl methyl sites for hydroxylation is 1. The molecule has 0 N–H and O–H groups in total. The van der Waals surface area contributed by atoms with E-state index in [0.29, 0.717) is 5.56 Å². The van der Waals surface area contributed by atoms with Crippen LogP contribution >= 0.6 is 0 Å². The first kappa shape index (κ1) is 14.1. The number of hydrogen-bond donors (Lipinski definition) is 0. The van der Waals surface area contributed by atoms with Crippen LogP contribution in [0.15, 0.2) is 72.8 Å². The molecule has 106 valence electrons. The molecule has 0 fully saturated rings. The van der Waals surface area contributed by atoms with Gasteiger partial charge in [-0.15, -0.1) is 0 Å². The molecule has 0 saturated carbocycles. The summed E-state index contributed by atoms with van der Waals surface area (Å²) in [7, 11) is 0. The van der Waals surface area contributed by atoms with Crippen molar-refractivity contribution in [1.29, 1.82) is 5.26 Å². The molecule has 3 aromatic rings. The van der Waals surface area contributed by atoms with Crippen LogP contribution in [0.3, 0.4) is 0 Å². The maximum absolute atomic E-state index is 8.95. The summed E-state index contributed by atoms with van der Waals surface area (Å²) in [6.45, 7) is 2.18. The summed E-state index contributed by atoms with van der Waals surface area (Å²) in [6, 6.07) is 27.0. The van der Waals surface area contributed by atoms with Crippen LogP contribution in [-0.2, 0) is 6.42 Å². The second-order valence-corrected chi connectivity index (χ2v) is 5.25. The van der Waals surface area contributed by atoms with Crippen LogP contribution in [0.4, 0.5) is 0 Å². The Kier molecular flexibility index (Phi) is 4.03. The highest BCUT2D eigenvalue weighted by atomic mass is 14.2. The lowest BCUT2D eigenvalue weighted by molar-refractivity contribution is 1.14. The lowest BCUT2D eigenvalue weighted by atomic mass is 9.91. The van der Waals surface area contributed by atoms with Gasteiger partial charge in [0.15, 0.2) is 0 Å². The molecule has 0 aliphatic carbocycles. The molecule has 0 spiro atoms. The summed E-state index contributed by atoms with van der Waals surface area (Å²) >= 11 is 0. The third-order valence-electron chi connectivity index (χ3n) is 3.94. The minimum Gasteiger partial charge on any atom is -0.192 e. The topological polar surface area (TPSA) is 23.8 Å². The molecule has 0 amide bonds. The van der Waals surface area contributed by atoms with E-state index in [1.54, 1.807) is 0 Å². The van der Waals surface area contributed by atoms with E-state index in [1.165, 1.54) is 22.3 Å². The lowest BCUT2D eigenvalue weighted by Gasteiger charge is -2.13. The van der Waals surface area contributed by atoms with Gasteiger partial charge in [-0.1, -0.05) is 67.6 Å². The van der Waals surface area contributed by atoms with Gasteiger partial charge in [0.05, 0.1) is 11.6 Å². The summed E-state index contributed by atoms with van der Waals surface area (Å²) in [6.07, 6.45) is 1.01. The number of nitrogens with zero attached hydrogens (tertiary/aromatic N) is 1. The van der Waals surface area contributed by atoms with Gasteiger partial charge >= 0.3 is 0 Å². The van der Waals surface area contributed by atoms with E-state index >= 15 is 0 Å². The van der Waals surface area contributed by atoms with Gasteiger partial charge in [0, 0.05) is 0 Å². The van der Waals surface area contributed by atoms with E-state index in [0.717, 1.165) is 12.0 Å². The normalized spacial score (nSPS) is 10.2. The smallest absolute Gasteiger partial charge is 0.0991 e. The van der Waals surface area contributed by atoms with Gasteiger partial charge in [0.2, 0.25) is 0 Å². The molecule has 0 atom stereocenters. The standard InChI is InChI=1S/C21H17N/c1-2-17-7-3-4-8-19(17)21-10-6-5-9-20(21)18-13-11-16(15-22)12-14-18/h3-14H,2H2,1H3. The van der Waals surface area contributed by atoms with Crippen molar-refractivity contribution in [3.63, 3.8) is 0 Å². The molecule has 0 aliphatic heterocycles. The Morgan fingerprint density at radius 2 is 1.32 bits per heavy atom.